The van der Waals surface area contributed by atoms with Crippen molar-refractivity contribution in [1.82, 2.24) is 15.3 Å². The van der Waals surface area contributed by atoms with Crippen molar-refractivity contribution < 1.29 is 9.90 Å². The monoisotopic (exact) mass is 261 g/mol. The van der Waals surface area contributed by atoms with Gasteiger partial charge in [0.1, 0.15) is 5.82 Å². The van der Waals surface area contributed by atoms with E-state index < -0.39 is 5.97 Å². The van der Waals surface area contributed by atoms with Gasteiger partial charge in [-0.3, -0.25) is 0 Å². The second-order valence-corrected chi connectivity index (χ2v) is 5.42. The first kappa shape index (κ1) is 12.5. The molecule has 0 unspecified atom stereocenters. The fourth-order valence-corrected chi connectivity index (χ4v) is 3.08. The van der Waals surface area contributed by atoms with Crippen molar-refractivity contribution in [2.24, 2.45) is 0 Å². The third-order valence-electron chi connectivity index (χ3n) is 4.12. The molecule has 102 valence electrons. The molecular formula is C14H19N3O2. The molecule has 2 heterocycles. The highest BCUT2D eigenvalue weighted by atomic mass is 16.4. The lowest BCUT2D eigenvalue weighted by atomic mass is 9.88. The van der Waals surface area contributed by atoms with E-state index in [9.17, 15) is 9.90 Å². The molecule has 0 atom stereocenters. The summed E-state index contributed by atoms with van der Waals surface area (Å²) in [6, 6.07) is 0. The Balaban J connectivity index is 2.00. The first-order valence-electron chi connectivity index (χ1n) is 7.09. The third kappa shape index (κ3) is 2.47. The molecular weight excluding hydrogens is 242 g/mol. The van der Waals surface area contributed by atoms with Crippen molar-refractivity contribution in [1.29, 1.82) is 0 Å². The number of rotatable bonds is 2. The minimum absolute atomic E-state index is 0.206. The van der Waals surface area contributed by atoms with E-state index in [1.54, 1.807) is 0 Å². The molecule has 0 saturated heterocycles. The van der Waals surface area contributed by atoms with Crippen molar-refractivity contribution in [3.8, 4) is 0 Å². The second kappa shape index (κ2) is 5.25. The number of carboxylic acid groups (broad SMARTS) is 1. The molecule has 1 saturated carbocycles. The Morgan fingerprint density at radius 2 is 2.00 bits per heavy atom. The summed E-state index contributed by atoms with van der Waals surface area (Å²) in [7, 11) is 0. The Hall–Kier alpha value is -1.49. The largest absolute Gasteiger partial charge is 0.476 e. The number of nitrogens with one attached hydrogen (secondary N) is 1. The molecule has 1 aromatic heterocycles. The highest BCUT2D eigenvalue weighted by molar-refractivity contribution is 5.87. The standard InChI is InChI=1S/C14H19N3O2/c18-14(19)12-10-8-15-7-6-11(10)16-13(17-12)9-4-2-1-3-5-9/h9,15H,1-8H2,(H,18,19). The van der Waals surface area contributed by atoms with Gasteiger partial charge in [0.05, 0.1) is 5.69 Å². The van der Waals surface area contributed by atoms with Gasteiger partial charge in [-0.1, -0.05) is 19.3 Å². The molecule has 3 rings (SSSR count). The Labute approximate surface area is 112 Å². The quantitative estimate of drug-likeness (QED) is 0.850. The van der Waals surface area contributed by atoms with Crippen LogP contribution < -0.4 is 5.32 Å². The molecule has 19 heavy (non-hydrogen) atoms. The maximum absolute atomic E-state index is 11.4. The average Bonchev–Trinajstić information content (AvgIpc) is 2.47. The van der Waals surface area contributed by atoms with Gasteiger partial charge in [0.15, 0.2) is 5.69 Å². The molecule has 0 aromatic carbocycles. The van der Waals surface area contributed by atoms with Crippen LogP contribution in [0.1, 0.15) is 65.6 Å². The molecule has 5 nitrogen and oxygen atoms in total. The Bertz CT molecular complexity index is 496. The lowest BCUT2D eigenvalue weighted by Gasteiger charge is -2.24. The predicted octanol–water partition coefficient (Wildman–Crippen LogP) is 1.87. The van der Waals surface area contributed by atoms with E-state index in [0.29, 0.717) is 12.5 Å². The summed E-state index contributed by atoms with van der Waals surface area (Å²) in [5.74, 6) is 0.184. The van der Waals surface area contributed by atoms with E-state index in [1.807, 2.05) is 0 Å². The molecule has 1 aliphatic heterocycles. The molecule has 0 bridgehead atoms. The second-order valence-electron chi connectivity index (χ2n) is 5.42. The smallest absolute Gasteiger partial charge is 0.354 e. The van der Waals surface area contributed by atoms with Crippen molar-refractivity contribution >= 4 is 5.97 Å². The van der Waals surface area contributed by atoms with Crippen molar-refractivity contribution in [2.75, 3.05) is 6.54 Å². The Morgan fingerprint density at radius 1 is 1.21 bits per heavy atom. The summed E-state index contributed by atoms with van der Waals surface area (Å²) in [6.45, 7) is 1.44. The number of carbonyl (C=O) groups is 1. The normalized spacial score (nSPS) is 20.0. The Morgan fingerprint density at radius 3 is 2.74 bits per heavy atom. The lowest BCUT2D eigenvalue weighted by molar-refractivity contribution is 0.0687. The van der Waals surface area contributed by atoms with Crippen LogP contribution in [-0.4, -0.2) is 27.6 Å². The van der Waals surface area contributed by atoms with Crippen LogP contribution in [0, 0.1) is 0 Å². The van der Waals surface area contributed by atoms with E-state index >= 15 is 0 Å². The fourth-order valence-electron chi connectivity index (χ4n) is 3.08. The summed E-state index contributed by atoms with van der Waals surface area (Å²) in [4.78, 5) is 20.4. The molecule has 1 aromatic rings. The van der Waals surface area contributed by atoms with Crippen molar-refractivity contribution in [2.45, 2.75) is 51.0 Å². The first-order chi connectivity index (χ1) is 9.25. The van der Waals surface area contributed by atoms with Crippen LogP contribution in [0.2, 0.25) is 0 Å². The molecule has 2 aliphatic rings. The SMILES string of the molecule is O=C(O)c1nc(C2CCCCC2)nc2c1CNCC2. The number of carboxylic acids is 1. The number of hydrogen-bond donors (Lipinski definition) is 2. The van der Waals surface area contributed by atoms with Gasteiger partial charge in [-0.2, -0.15) is 0 Å². The maximum atomic E-state index is 11.4. The summed E-state index contributed by atoms with van der Waals surface area (Å²) in [5, 5.41) is 12.5. The third-order valence-corrected chi connectivity index (χ3v) is 4.12. The van der Waals surface area contributed by atoms with Crippen LogP contribution in [0.15, 0.2) is 0 Å². The van der Waals surface area contributed by atoms with E-state index in [-0.39, 0.29) is 5.69 Å². The van der Waals surface area contributed by atoms with Gasteiger partial charge < -0.3 is 10.4 Å². The lowest BCUT2D eigenvalue weighted by Crippen LogP contribution is -2.29. The van der Waals surface area contributed by atoms with Gasteiger partial charge in [0, 0.05) is 31.0 Å². The van der Waals surface area contributed by atoms with Gasteiger partial charge in [-0.15, -0.1) is 0 Å². The number of hydrogen-bond acceptors (Lipinski definition) is 4. The topological polar surface area (TPSA) is 75.1 Å². The van der Waals surface area contributed by atoms with Gasteiger partial charge in [0.2, 0.25) is 0 Å². The van der Waals surface area contributed by atoms with Gasteiger partial charge in [0.25, 0.3) is 0 Å². The number of fused-ring (bicyclic) bond motifs is 1. The van der Waals surface area contributed by atoms with Gasteiger partial charge in [-0.05, 0) is 12.8 Å². The van der Waals surface area contributed by atoms with E-state index in [4.69, 9.17) is 0 Å². The molecule has 0 spiro atoms. The predicted molar refractivity (Wildman–Crippen MR) is 70.2 cm³/mol. The first-order valence-corrected chi connectivity index (χ1v) is 7.09. The summed E-state index contributed by atoms with van der Waals surface area (Å²) in [5.41, 5.74) is 1.92. The number of aromatic nitrogens is 2. The van der Waals surface area contributed by atoms with Crippen LogP contribution in [0.25, 0.3) is 0 Å². The van der Waals surface area contributed by atoms with E-state index in [1.165, 1.54) is 19.3 Å². The number of aromatic carboxylic acids is 1. The molecule has 1 fully saturated rings. The minimum Gasteiger partial charge on any atom is -0.476 e. The Kier molecular flexibility index (Phi) is 3.46. The van der Waals surface area contributed by atoms with Crippen LogP contribution >= 0.6 is 0 Å². The number of nitrogens with zero attached hydrogens (tertiary/aromatic N) is 2. The van der Waals surface area contributed by atoms with Gasteiger partial charge in [-0.25, -0.2) is 14.8 Å². The molecule has 1 aliphatic carbocycles. The zero-order valence-corrected chi connectivity index (χ0v) is 11.0. The highest BCUT2D eigenvalue weighted by Gasteiger charge is 2.25. The average molecular weight is 261 g/mol. The van der Waals surface area contributed by atoms with Crippen molar-refractivity contribution in [3.63, 3.8) is 0 Å². The van der Waals surface area contributed by atoms with Crippen LogP contribution in [-0.2, 0) is 13.0 Å². The summed E-state index contributed by atoms with van der Waals surface area (Å²) in [6.07, 6.45) is 6.67. The van der Waals surface area contributed by atoms with E-state index in [0.717, 1.165) is 42.9 Å². The van der Waals surface area contributed by atoms with Crippen LogP contribution in [0.4, 0.5) is 0 Å². The molecule has 5 heteroatoms. The van der Waals surface area contributed by atoms with E-state index in [2.05, 4.69) is 15.3 Å². The highest BCUT2D eigenvalue weighted by Crippen LogP contribution is 2.31. The van der Waals surface area contributed by atoms with Gasteiger partial charge >= 0.3 is 5.97 Å². The summed E-state index contributed by atoms with van der Waals surface area (Å²) < 4.78 is 0. The maximum Gasteiger partial charge on any atom is 0.354 e. The molecule has 0 radical (unpaired) electrons. The fraction of sp³-hybridized carbons (Fsp3) is 0.643. The molecule has 0 amide bonds. The zero-order chi connectivity index (χ0) is 13.2. The van der Waals surface area contributed by atoms with Crippen LogP contribution in [0.3, 0.4) is 0 Å². The molecule has 2 N–H and O–H groups in total. The minimum atomic E-state index is -0.931. The zero-order valence-electron chi connectivity index (χ0n) is 11.0. The van der Waals surface area contributed by atoms with Crippen LogP contribution in [0.5, 0.6) is 0 Å². The summed E-state index contributed by atoms with van der Waals surface area (Å²) >= 11 is 0. The van der Waals surface area contributed by atoms with Crippen molar-refractivity contribution in [3.05, 3.63) is 22.8 Å².